The molecule has 0 spiro atoms. The van der Waals surface area contributed by atoms with Crippen LogP contribution in [0.15, 0.2) is 44.6 Å². The van der Waals surface area contributed by atoms with Gasteiger partial charge in [-0.05, 0) is 37.3 Å². The molecule has 0 atom stereocenters. The molecule has 1 aromatic carbocycles. The highest BCUT2D eigenvalue weighted by Gasteiger charge is 2.17. The maximum atomic E-state index is 12.6. The number of nitrogens with one attached hydrogen (secondary N) is 1. The van der Waals surface area contributed by atoms with Gasteiger partial charge in [-0.3, -0.25) is 4.79 Å². The highest BCUT2D eigenvalue weighted by molar-refractivity contribution is 9.10. The van der Waals surface area contributed by atoms with Crippen molar-refractivity contribution < 1.29 is 13.9 Å². The molecular weight excluding hydrogens is 442 g/mol. The summed E-state index contributed by atoms with van der Waals surface area (Å²) in [7, 11) is 0. The quantitative estimate of drug-likeness (QED) is 0.605. The van der Waals surface area contributed by atoms with Gasteiger partial charge < -0.3 is 19.4 Å². The molecule has 6 nitrogen and oxygen atoms in total. The van der Waals surface area contributed by atoms with E-state index in [0.717, 1.165) is 51.2 Å². The zero-order chi connectivity index (χ0) is 19.5. The van der Waals surface area contributed by atoms with Gasteiger partial charge in [0.15, 0.2) is 10.8 Å². The first-order valence-electron chi connectivity index (χ1n) is 9.02. The number of halogens is 1. The van der Waals surface area contributed by atoms with Crippen molar-refractivity contribution in [3.63, 3.8) is 0 Å². The fourth-order valence-electron chi connectivity index (χ4n) is 3.10. The molecule has 1 amide bonds. The van der Waals surface area contributed by atoms with Crippen LogP contribution in [-0.2, 0) is 16.0 Å². The van der Waals surface area contributed by atoms with E-state index in [1.165, 1.54) is 11.3 Å². The normalized spacial score (nSPS) is 14.3. The van der Waals surface area contributed by atoms with Gasteiger partial charge >= 0.3 is 0 Å². The van der Waals surface area contributed by atoms with Crippen LogP contribution < -0.4 is 10.2 Å². The highest BCUT2D eigenvalue weighted by atomic mass is 79.9. The second-order valence-corrected chi connectivity index (χ2v) is 8.31. The van der Waals surface area contributed by atoms with E-state index in [9.17, 15) is 4.79 Å². The van der Waals surface area contributed by atoms with E-state index in [4.69, 9.17) is 9.15 Å². The lowest BCUT2D eigenvalue weighted by atomic mass is 10.2. The lowest BCUT2D eigenvalue weighted by molar-refractivity contribution is -0.115. The van der Waals surface area contributed by atoms with Crippen LogP contribution in [0.1, 0.15) is 11.5 Å². The smallest absolute Gasteiger partial charge is 0.230 e. The van der Waals surface area contributed by atoms with Gasteiger partial charge in [0.2, 0.25) is 5.91 Å². The number of carbonyl (C=O) groups excluding carboxylic acids is 1. The standard InChI is InChI=1S/C20H20BrN3O3S/c1-13-2-5-18(27-13)20-22-15(12-28-20)11-19(25)23-16-10-14(21)3-4-17(16)24-6-8-26-9-7-24/h2-5,10,12H,6-9,11H2,1H3,(H,23,25). The van der Waals surface area contributed by atoms with Gasteiger partial charge in [-0.25, -0.2) is 4.98 Å². The van der Waals surface area contributed by atoms with Crippen molar-refractivity contribution in [3.8, 4) is 10.8 Å². The monoisotopic (exact) mass is 461 g/mol. The van der Waals surface area contributed by atoms with E-state index in [-0.39, 0.29) is 12.3 Å². The molecule has 1 fully saturated rings. The third-order valence-corrected chi connectivity index (χ3v) is 5.83. The minimum atomic E-state index is -0.0971. The van der Waals surface area contributed by atoms with E-state index < -0.39 is 0 Å². The molecule has 1 aliphatic rings. The number of hydrogen-bond acceptors (Lipinski definition) is 6. The summed E-state index contributed by atoms with van der Waals surface area (Å²) in [5.74, 6) is 1.48. The van der Waals surface area contributed by atoms with Gasteiger partial charge in [0.1, 0.15) is 5.76 Å². The van der Waals surface area contributed by atoms with Crippen molar-refractivity contribution in [2.45, 2.75) is 13.3 Å². The molecule has 4 rings (SSSR count). The topological polar surface area (TPSA) is 67.6 Å². The molecular formula is C20H20BrN3O3S. The second-order valence-electron chi connectivity index (χ2n) is 6.54. The van der Waals surface area contributed by atoms with Crippen molar-refractivity contribution in [3.05, 3.63) is 51.6 Å². The van der Waals surface area contributed by atoms with Crippen molar-refractivity contribution in [2.75, 3.05) is 36.5 Å². The van der Waals surface area contributed by atoms with Crippen LogP contribution in [0.4, 0.5) is 11.4 Å². The lowest BCUT2D eigenvalue weighted by Gasteiger charge is -2.30. The number of anilines is 2. The Morgan fingerprint density at radius 3 is 2.86 bits per heavy atom. The minimum Gasteiger partial charge on any atom is -0.459 e. The van der Waals surface area contributed by atoms with Crippen LogP contribution in [-0.4, -0.2) is 37.2 Å². The average molecular weight is 462 g/mol. The first-order valence-corrected chi connectivity index (χ1v) is 10.7. The molecule has 0 unspecified atom stereocenters. The van der Waals surface area contributed by atoms with Crippen LogP contribution in [0.5, 0.6) is 0 Å². The van der Waals surface area contributed by atoms with Gasteiger partial charge in [0, 0.05) is 22.9 Å². The minimum absolute atomic E-state index is 0.0971. The van der Waals surface area contributed by atoms with Gasteiger partial charge in [-0.1, -0.05) is 15.9 Å². The molecule has 0 aliphatic carbocycles. The molecule has 1 N–H and O–H groups in total. The number of benzene rings is 1. The number of carbonyl (C=O) groups is 1. The summed E-state index contributed by atoms with van der Waals surface area (Å²) in [4.78, 5) is 19.4. The Labute approximate surface area is 175 Å². The Balaban J connectivity index is 1.46. The number of rotatable bonds is 5. The first-order chi connectivity index (χ1) is 13.6. The van der Waals surface area contributed by atoms with Crippen LogP contribution in [0.3, 0.4) is 0 Å². The third kappa shape index (κ3) is 4.45. The fraction of sp³-hybridized carbons (Fsp3) is 0.300. The van der Waals surface area contributed by atoms with Crippen molar-refractivity contribution in [1.29, 1.82) is 0 Å². The van der Waals surface area contributed by atoms with Gasteiger partial charge in [-0.15, -0.1) is 11.3 Å². The summed E-state index contributed by atoms with van der Waals surface area (Å²) in [6.45, 7) is 4.90. The SMILES string of the molecule is Cc1ccc(-c2nc(CC(=O)Nc3cc(Br)ccc3N3CCOCC3)cs2)o1. The average Bonchev–Trinajstić information content (AvgIpc) is 3.31. The number of aromatic nitrogens is 1. The number of morpholine rings is 1. The Kier molecular flexibility index (Phi) is 5.79. The summed E-state index contributed by atoms with van der Waals surface area (Å²) in [6, 6.07) is 9.74. The highest BCUT2D eigenvalue weighted by Crippen LogP contribution is 2.30. The number of aryl methyl sites for hydroxylation is 1. The van der Waals surface area contributed by atoms with Gasteiger partial charge in [0.05, 0.1) is 36.7 Å². The number of thiazole rings is 1. The molecule has 0 saturated carbocycles. The largest absolute Gasteiger partial charge is 0.459 e. The molecule has 2 aromatic heterocycles. The maximum absolute atomic E-state index is 12.6. The molecule has 0 bridgehead atoms. The molecule has 0 radical (unpaired) electrons. The number of hydrogen-bond donors (Lipinski definition) is 1. The van der Waals surface area contributed by atoms with E-state index in [0.29, 0.717) is 13.2 Å². The number of nitrogens with zero attached hydrogens (tertiary/aromatic N) is 2. The van der Waals surface area contributed by atoms with Crippen LogP contribution >= 0.6 is 27.3 Å². The Hall–Kier alpha value is -2.16. The molecule has 3 heterocycles. The van der Waals surface area contributed by atoms with Gasteiger partial charge in [0.25, 0.3) is 0 Å². The van der Waals surface area contributed by atoms with E-state index >= 15 is 0 Å². The summed E-state index contributed by atoms with van der Waals surface area (Å²) < 4.78 is 12.0. The Morgan fingerprint density at radius 2 is 2.11 bits per heavy atom. The van der Waals surface area contributed by atoms with E-state index in [1.807, 2.05) is 42.6 Å². The van der Waals surface area contributed by atoms with Crippen LogP contribution in [0, 0.1) is 6.92 Å². The molecule has 8 heteroatoms. The van der Waals surface area contributed by atoms with E-state index in [2.05, 4.69) is 31.1 Å². The second kappa shape index (κ2) is 8.46. The van der Waals surface area contributed by atoms with Gasteiger partial charge in [-0.2, -0.15) is 0 Å². The molecule has 1 saturated heterocycles. The van der Waals surface area contributed by atoms with E-state index in [1.54, 1.807) is 0 Å². The summed E-state index contributed by atoms with van der Waals surface area (Å²) in [5.41, 5.74) is 2.53. The fourth-order valence-corrected chi connectivity index (χ4v) is 4.24. The summed E-state index contributed by atoms with van der Waals surface area (Å²) in [5, 5.41) is 5.72. The molecule has 146 valence electrons. The zero-order valence-electron chi connectivity index (χ0n) is 15.4. The Bertz CT molecular complexity index is 979. The first kappa shape index (κ1) is 19.2. The van der Waals surface area contributed by atoms with Crippen molar-refractivity contribution >= 4 is 44.5 Å². The molecule has 3 aromatic rings. The third-order valence-electron chi connectivity index (χ3n) is 4.43. The van der Waals surface area contributed by atoms with Crippen molar-refractivity contribution in [1.82, 2.24) is 4.98 Å². The number of amides is 1. The van der Waals surface area contributed by atoms with Crippen LogP contribution in [0.2, 0.25) is 0 Å². The number of ether oxygens (including phenoxy) is 1. The maximum Gasteiger partial charge on any atom is 0.230 e. The predicted octanol–water partition coefficient (Wildman–Crippen LogP) is 4.49. The number of furan rings is 1. The molecule has 28 heavy (non-hydrogen) atoms. The van der Waals surface area contributed by atoms with Crippen molar-refractivity contribution in [2.24, 2.45) is 0 Å². The predicted molar refractivity (Wildman–Crippen MR) is 114 cm³/mol. The summed E-state index contributed by atoms with van der Waals surface area (Å²) >= 11 is 4.97. The Morgan fingerprint density at radius 1 is 1.29 bits per heavy atom. The zero-order valence-corrected chi connectivity index (χ0v) is 17.8. The summed E-state index contributed by atoms with van der Waals surface area (Å²) in [6.07, 6.45) is 0.214. The lowest BCUT2D eigenvalue weighted by Crippen LogP contribution is -2.36. The molecule has 1 aliphatic heterocycles. The van der Waals surface area contributed by atoms with Crippen LogP contribution in [0.25, 0.3) is 10.8 Å².